The summed E-state index contributed by atoms with van der Waals surface area (Å²) >= 11 is 0. The maximum atomic E-state index is 12.3. The fraction of sp³-hybridized carbons (Fsp3) is 0.348. The number of benzene rings is 2. The van der Waals surface area contributed by atoms with Crippen LogP contribution in [-0.2, 0) is 4.79 Å². The highest BCUT2D eigenvalue weighted by atomic mass is 16.5. The first-order chi connectivity index (χ1) is 15.1. The summed E-state index contributed by atoms with van der Waals surface area (Å²) in [4.78, 5) is 25.1. The molecule has 0 spiro atoms. The topological polar surface area (TPSA) is 100 Å². The predicted molar refractivity (Wildman–Crippen MR) is 118 cm³/mol. The van der Waals surface area contributed by atoms with Gasteiger partial charge in [-0.2, -0.15) is 5.10 Å². The van der Waals surface area contributed by atoms with E-state index in [1.54, 1.807) is 30.5 Å². The van der Waals surface area contributed by atoms with Gasteiger partial charge in [-0.25, -0.2) is 4.79 Å². The molecule has 2 aromatic carbocycles. The molecule has 8 nitrogen and oxygen atoms in total. The predicted octanol–water partition coefficient (Wildman–Crippen LogP) is 3.62. The zero-order valence-electron chi connectivity index (χ0n) is 17.5. The van der Waals surface area contributed by atoms with Gasteiger partial charge in [0.25, 0.3) is 5.91 Å². The molecule has 31 heavy (non-hydrogen) atoms. The quantitative estimate of drug-likeness (QED) is 0.470. The SMILES string of the molecule is CCOc1cc(/C=N\Nc2ccc(C(=O)O)cc2)ccc1OCC(=O)N1CCCCC1. The molecular weight excluding hydrogens is 398 g/mol. The Morgan fingerprint density at radius 2 is 1.81 bits per heavy atom. The molecular formula is C23H27N3O5. The highest BCUT2D eigenvalue weighted by Gasteiger charge is 2.17. The van der Waals surface area contributed by atoms with E-state index in [0.717, 1.165) is 31.5 Å². The van der Waals surface area contributed by atoms with E-state index in [4.69, 9.17) is 14.6 Å². The molecule has 0 saturated carbocycles. The van der Waals surface area contributed by atoms with Crippen molar-refractivity contribution in [3.63, 3.8) is 0 Å². The first kappa shape index (κ1) is 22.1. The van der Waals surface area contributed by atoms with E-state index >= 15 is 0 Å². The van der Waals surface area contributed by atoms with Crippen LogP contribution in [0.1, 0.15) is 42.1 Å². The molecule has 1 saturated heterocycles. The summed E-state index contributed by atoms with van der Waals surface area (Å²) in [5, 5.41) is 13.1. The summed E-state index contributed by atoms with van der Waals surface area (Å²) < 4.78 is 11.4. The van der Waals surface area contributed by atoms with E-state index in [-0.39, 0.29) is 18.1 Å². The van der Waals surface area contributed by atoms with Gasteiger partial charge in [-0.1, -0.05) is 0 Å². The molecule has 1 aliphatic heterocycles. The molecule has 3 rings (SSSR count). The Labute approximate surface area is 181 Å². The van der Waals surface area contributed by atoms with Crippen molar-refractivity contribution in [1.29, 1.82) is 0 Å². The molecule has 1 fully saturated rings. The molecule has 0 bridgehead atoms. The molecule has 164 valence electrons. The summed E-state index contributed by atoms with van der Waals surface area (Å²) in [7, 11) is 0. The maximum Gasteiger partial charge on any atom is 0.335 e. The maximum absolute atomic E-state index is 12.3. The van der Waals surface area contributed by atoms with Crippen molar-refractivity contribution in [1.82, 2.24) is 4.90 Å². The molecule has 1 heterocycles. The van der Waals surface area contributed by atoms with Gasteiger partial charge in [0.05, 0.1) is 24.1 Å². The second-order valence-electron chi connectivity index (χ2n) is 7.12. The van der Waals surface area contributed by atoms with Crippen molar-refractivity contribution in [2.24, 2.45) is 5.10 Å². The molecule has 0 atom stereocenters. The van der Waals surface area contributed by atoms with Crippen molar-refractivity contribution in [3.8, 4) is 11.5 Å². The van der Waals surface area contributed by atoms with Gasteiger partial charge in [0.2, 0.25) is 0 Å². The van der Waals surface area contributed by atoms with Gasteiger partial charge in [-0.05, 0) is 74.2 Å². The third-order valence-electron chi connectivity index (χ3n) is 4.87. The number of amides is 1. The lowest BCUT2D eigenvalue weighted by Crippen LogP contribution is -2.38. The Hall–Kier alpha value is -3.55. The Balaban J connectivity index is 1.60. The molecule has 0 radical (unpaired) electrons. The van der Waals surface area contributed by atoms with E-state index < -0.39 is 5.97 Å². The normalized spacial score (nSPS) is 13.8. The number of nitrogens with zero attached hydrogens (tertiary/aromatic N) is 2. The summed E-state index contributed by atoms with van der Waals surface area (Å²) in [5.41, 5.74) is 4.52. The third-order valence-corrected chi connectivity index (χ3v) is 4.87. The zero-order chi connectivity index (χ0) is 22.1. The van der Waals surface area contributed by atoms with Crippen molar-refractivity contribution in [3.05, 3.63) is 53.6 Å². The van der Waals surface area contributed by atoms with Crippen molar-refractivity contribution >= 4 is 23.8 Å². The van der Waals surface area contributed by atoms with Crippen LogP contribution < -0.4 is 14.9 Å². The molecule has 1 amide bonds. The lowest BCUT2D eigenvalue weighted by atomic mass is 10.1. The van der Waals surface area contributed by atoms with Crippen molar-refractivity contribution < 1.29 is 24.2 Å². The molecule has 0 aliphatic carbocycles. The standard InChI is InChI=1S/C23H27N3O5/c1-2-30-21-14-17(15-24-25-19-9-7-18(8-10-19)23(28)29)6-11-20(21)31-16-22(27)26-12-4-3-5-13-26/h6-11,14-15,25H,2-5,12-13,16H2,1H3,(H,28,29)/b24-15-. The zero-order valence-corrected chi connectivity index (χ0v) is 17.5. The summed E-state index contributed by atoms with van der Waals surface area (Å²) in [6, 6.07) is 11.7. The number of carbonyl (C=O) groups excluding carboxylic acids is 1. The fourth-order valence-electron chi connectivity index (χ4n) is 3.24. The van der Waals surface area contributed by atoms with Gasteiger partial charge in [-0.3, -0.25) is 10.2 Å². The van der Waals surface area contributed by atoms with Gasteiger partial charge < -0.3 is 19.5 Å². The van der Waals surface area contributed by atoms with E-state index in [1.165, 1.54) is 18.6 Å². The lowest BCUT2D eigenvalue weighted by Gasteiger charge is -2.26. The molecule has 1 aliphatic rings. The van der Waals surface area contributed by atoms with Crippen LogP contribution in [0.4, 0.5) is 5.69 Å². The molecule has 2 aromatic rings. The largest absolute Gasteiger partial charge is 0.490 e. The van der Waals surface area contributed by atoms with Gasteiger partial charge in [0.1, 0.15) is 0 Å². The number of nitrogens with one attached hydrogen (secondary N) is 1. The van der Waals surface area contributed by atoms with Gasteiger partial charge in [-0.15, -0.1) is 0 Å². The monoisotopic (exact) mass is 425 g/mol. The second-order valence-corrected chi connectivity index (χ2v) is 7.12. The van der Waals surface area contributed by atoms with Crippen LogP contribution in [0.5, 0.6) is 11.5 Å². The Kier molecular flexibility index (Phi) is 7.86. The van der Waals surface area contributed by atoms with Crippen LogP contribution in [0.15, 0.2) is 47.6 Å². The Bertz CT molecular complexity index is 921. The number of hydrogen-bond donors (Lipinski definition) is 2. The van der Waals surface area contributed by atoms with Crippen LogP contribution in [0.25, 0.3) is 0 Å². The lowest BCUT2D eigenvalue weighted by molar-refractivity contribution is -0.134. The van der Waals surface area contributed by atoms with Crippen LogP contribution in [0.2, 0.25) is 0 Å². The summed E-state index contributed by atoms with van der Waals surface area (Å²) in [5.74, 6) is 0.0784. The van der Waals surface area contributed by atoms with E-state index in [1.807, 2.05) is 17.9 Å². The number of carboxylic acids is 1. The molecule has 0 aromatic heterocycles. The molecule has 0 unspecified atom stereocenters. The van der Waals surface area contributed by atoms with Crippen LogP contribution in [0.3, 0.4) is 0 Å². The van der Waals surface area contributed by atoms with Gasteiger partial charge in [0.15, 0.2) is 18.1 Å². The number of piperidine rings is 1. The fourth-order valence-corrected chi connectivity index (χ4v) is 3.24. The number of hydrogen-bond acceptors (Lipinski definition) is 6. The average molecular weight is 425 g/mol. The van der Waals surface area contributed by atoms with Crippen LogP contribution >= 0.6 is 0 Å². The molecule has 8 heteroatoms. The highest BCUT2D eigenvalue weighted by Crippen LogP contribution is 2.28. The van der Waals surface area contributed by atoms with Gasteiger partial charge in [0, 0.05) is 13.1 Å². The molecule has 2 N–H and O–H groups in total. The number of rotatable bonds is 9. The van der Waals surface area contributed by atoms with E-state index in [9.17, 15) is 9.59 Å². The first-order valence-corrected chi connectivity index (χ1v) is 10.4. The van der Waals surface area contributed by atoms with Crippen LogP contribution in [0, 0.1) is 0 Å². The smallest absolute Gasteiger partial charge is 0.335 e. The van der Waals surface area contributed by atoms with E-state index in [2.05, 4.69) is 10.5 Å². The number of likely N-dealkylation sites (tertiary alicyclic amines) is 1. The minimum absolute atomic E-state index is 0.00842. The third kappa shape index (κ3) is 6.47. The minimum Gasteiger partial charge on any atom is -0.490 e. The number of anilines is 1. The Morgan fingerprint density at radius 3 is 2.48 bits per heavy atom. The van der Waals surface area contributed by atoms with Crippen LogP contribution in [-0.4, -0.2) is 54.4 Å². The van der Waals surface area contributed by atoms with Gasteiger partial charge >= 0.3 is 5.97 Å². The summed E-state index contributed by atoms with van der Waals surface area (Å²) in [6.07, 6.45) is 4.88. The van der Waals surface area contributed by atoms with E-state index in [0.29, 0.717) is 23.8 Å². The Morgan fingerprint density at radius 1 is 1.06 bits per heavy atom. The number of hydrazone groups is 1. The number of carboxylic acid groups (broad SMARTS) is 1. The number of aromatic carboxylic acids is 1. The van der Waals surface area contributed by atoms with Crippen molar-refractivity contribution in [2.75, 3.05) is 31.7 Å². The minimum atomic E-state index is -0.974. The number of carbonyl (C=O) groups is 2. The highest BCUT2D eigenvalue weighted by molar-refractivity contribution is 5.88. The average Bonchev–Trinajstić information content (AvgIpc) is 2.79. The second kappa shape index (κ2) is 11.0. The summed E-state index contributed by atoms with van der Waals surface area (Å²) in [6.45, 7) is 3.92. The number of ether oxygens (including phenoxy) is 2. The van der Waals surface area contributed by atoms with Crippen molar-refractivity contribution in [2.45, 2.75) is 26.2 Å². The first-order valence-electron chi connectivity index (χ1n) is 10.4.